The Morgan fingerprint density at radius 2 is 2.00 bits per heavy atom. The Labute approximate surface area is 172 Å². The van der Waals surface area contributed by atoms with E-state index in [9.17, 15) is 14.7 Å². The molecule has 2 fully saturated rings. The number of carboxylic acid groups (broad SMARTS) is 1. The highest BCUT2D eigenvalue weighted by molar-refractivity contribution is 7.15. The lowest BCUT2D eigenvalue weighted by Gasteiger charge is -2.21. The average Bonchev–Trinajstić information content (AvgIpc) is 3.10. The third-order valence-corrected chi connectivity index (χ3v) is 8.32. The Morgan fingerprint density at radius 3 is 2.79 bits per heavy atom. The molecule has 2 aromatic rings. The number of carbonyl (C=O) groups is 2. The monoisotopic (exact) mass is 416 g/mol. The number of aryl methyl sites for hydroxylation is 1. The predicted molar refractivity (Wildman–Crippen MR) is 110 cm³/mol. The molecule has 1 amide bonds. The smallest absolute Gasteiger partial charge is 0.326 e. The molecule has 1 atom stereocenters. The third kappa shape index (κ3) is 3.28. The minimum Gasteiger partial charge on any atom is -0.480 e. The largest absolute Gasteiger partial charge is 0.480 e. The summed E-state index contributed by atoms with van der Waals surface area (Å²) >= 11 is 3.46. The van der Waals surface area contributed by atoms with Crippen molar-refractivity contribution in [2.75, 3.05) is 6.54 Å². The van der Waals surface area contributed by atoms with Crippen LogP contribution in [0.2, 0.25) is 0 Å². The molecule has 1 N–H and O–H groups in total. The van der Waals surface area contributed by atoms with Crippen molar-refractivity contribution in [2.45, 2.75) is 69.7 Å². The number of likely N-dealkylation sites (tertiary alicyclic amines) is 1. The first-order chi connectivity index (χ1) is 13.6. The zero-order chi connectivity index (χ0) is 19.3. The third-order valence-electron chi connectivity index (χ3n) is 6.15. The van der Waals surface area contributed by atoms with Crippen LogP contribution in [0.3, 0.4) is 0 Å². The Bertz CT molecular complexity index is 928. The number of amides is 1. The van der Waals surface area contributed by atoms with Crippen LogP contribution in [-0.4, -0.2) is 39.5 Å². The molecule has 2 aliphatic carbocycles. The van der Waals surface area contributed by atoms with Crippen LogP contribution in [0.1, 0.15) is 65.5 Å². The molecule has 3 aliphatic rings. The number of nitrogens with zero attached hydrogens (tertiary/aromatic N) is 2. The van der Waals surface area contributed by atoms with Gasteiger partial charge < -0.3 is 10.0 Å². The zero-order valence-electron chi connectivity index (χ0n) is 15.8. The summed E-state index contributed by atoms with van der Waals surface area (Å²) in [7, 11) is 0. The highest BCUT2D eigenvalue weighted by Gasteiger charge is 2.35. The van der Waals surface area contributed by atoms with E-state index in [-0.39, 0.29) is 5.91 Å². The summed E-state index contributed by atoms with van der Waals surface area (Å²) < 4.78 is 0. The van der Waals surface area contributed by atoms with Crippen molar-refractivity contribution < 1.29 is 14.7 Å². The molecule has 0 unspecified atom stereocenters. The molecule has 5 rings (SSSR count). The number of fused-ring (bicyclic) bond motifs is 1. The maximum Gasteiger partial charge on any atom is 0.326 e. The van der Waals surface area contributed by atoms with E-state index in [1.807, 2.05) is 0 Å². The summed E-state index contributed by atoms with van der Waals surface area (Å²) in [5.41, 5.74) is 3.79. The van der Waals surface area contributed by atoms with Gasteiger partial charge >= 0.3 is 5.97 Å². The van der Waals surface area contributed by atoms with Crippen LogP contribution in [-0.2, 0) is 28.9 Å². The summed E-state index contributed by atoms with van der Waals surface area (Å²) in [6.45, 7) is 0.555. The molecular weight excluding hydrogens is 392 g/mol. The molecule has 2 aromatic heterocycles. The second-order valence-corrected chi connectivity index (χ2v) is 10.2. The van der Waals surface area contributed by atoms with E-state index in [0.29, 0.717) is 25.3 Å². The maximum atomic E-state index is 13.0. The van der Waals surface area contributed by atoms with Crippen molar-refractivity contribution in [3.8, 4) is 10.6 Å². The van der Waals surface area contributed by atoms with Crippen LogP contribution in [0.4, 0.5) is 0 Å². The Kier molecular flexibility index (Phi) is 4.75. The molecule has 3 heterocycles. The Hall–Kier alpha value is -1.73. The normalized spacial score (nSPS) is 21.7. The number of hydrogen-bond acceptors (Lipinski definition) is 5. The number of rotatable bonds is 5. The molecule has 148 valence electrons. The van der Waals surface area contributed by atoms with E-state index in [2.05, 4.69) is 5.38 Å². The fraction of sp³-hybridized carbons (Fsp3) is 0.571. The summed E-state index contributed by atoms with van der Waals surface area (Å²) in [5, 5.41) is 12.7. The SMILES string of the molecule is O=C(O)[C@@H]1CCCN1C(=O)Cc1sc2c(c1-c1nc(C3CC3)cs1)CCCC2. The van der Waals surface area contributed by atoms with E-state index < -0.39 is 12.0 Å². The van der Waals surface area contributed by atoms with Gasteiger partial charge in [0.15, 0.2) is 0 Å². The van der Waals surface area contributed by atoms with Gasteiger partial charge in [-0.05, 0) is 56.9 Å². The molecular formula is C21H24N2O3S2. The molecule has 28 heavy (non-hydrogen) atoms. The summed E-state index contributed by atoms with van der Waals surface area (Å²) in [6, 6.07) is -0.660. The van der Waals surface area contributed by atoms with Gasteiger partial charge in [0.2, 0.25) is 5.91 Å². The molecule has 7 heteroatoms. The average molecular weight is 417 g/mol. The van der Waals surface area contributed by atoms with Crippen LogP contribution in [0.25, 0.3) is 10.6 Å². The van der Waals surface area contributed by atoms with E-state index in [1.54, 1.807) is 27.6 Å². The number of thiazole rings is 1. The molecule has 0 bridgehead atoms. The minimum atomic E-state index is -0.884. The molecule has 1 saturated heterocycles. The van der Waals surface area contributed by atoms with Crippen molar-refractivity contribution in [1.82, 2.24) is 9.88 Å². The first-order valence-electron chi connectivity index (χ1n) is 10.2. The van der Waals surface area contributed by atoms with Crippen LogP contribution in [0.5, 0.6) is 0 Å². The van der Waals surface area contributed by atoms with Gasteiger partial charge in [-0.1, -0.05) is 0 Å². The Balaban J connectivity index is 1.47. The van der Waals surface area contributed by atoms with Crippen LogP contribution in [0.15, 0.2) is 5.38 Å². The first-order valence-corrected chi connectivity index (χ1v) is 11.9. The number of aliphatic carboxylic acids is 1. The highest BCUT2D eigenvalue weighted by Crippen LogP contribution is 2.45. The standard InChI is InChI=1S/C21H24N2O3S2/c24-18(23-9-3-5-15(23)21(25)26)10-17-19(13-4-1-2-6-16(13)28-17)20-22-14(11-27-20)12-7-8-12/h11-12,15H,1-10H2,(H,25,26)/t15-/m0/s1. The van der Waals surface area contributed by atoms with Crippen molar-refractivity contribution >= 4 is 34.6 Å². The molecule has 5 nitrogen and oxygen atoms in total. The van der Waals surface area contributed by atoms with Gasteiger partial charge in [-0.2, -0.15) is 0 Å². The van der Waals surface area contributed by atoms with E-state index in [0.717, 1.165) is 29.1 Å². The fourth-order valence-electron chi connectivity index (χ4n) is 4.52. The van der Waals surface area contributed by atoms with Gasteiger partial charge in [-0.15, -0.1) is 22.7 Å². The zero-order valence-corrected chi connectivity index (χ0v) is 17.4. The van der Waals surface area contributed by atoms with Crippen molar-refractivity contribution in [3.63, 3.8) is 0 Å². The van der Waals surface area contributed by atoms with E-state index in [1.165, 1.54) is 47.4 Å². The van der Waals surface area contributed by atoms with Crippen LogP contribution in [0, 0.1) is 0 Å². The summed E-state index contributed by atoms with van der Waals surface area (Å²) in [6.07, 6.45) is 8.66. The number of thiophene rings is 1. The number of carbonyl (C=O) groups excluding carboxylic acids is 1. The Morgan fingerprint density at radius 1 is 1.18 bits per heavy atom. The van der Waals surface area contributed by atoms with E-state index >= 15 is 0 Å². The summed E-state index contributed by atoms with van der Waals surface area (Å²) in [5.74, 6) is -0.306. The van der Waals surface area contributed by atoms with Gasteiger partial charge in [0.1, 0.15) is 11.0 Å². The quantitative estimate of drug-likeness (QED) is 0.791. The lowest BCUT2D eigenvalue weighted by atomic mass is 9.94. The molecule has 0 aromatic carbocycles. The number of carboxylic acids is 1. The van der Waals surface area contributed by atoms with Crippen LogP contribution >= 0.6 is 22.7 Å². The van der Waals surface area contributed by atoms with Gasteiger partial charge in [-0.25, -0.2) is 9.78 Å². The minimum absolute atomic E-state index is 0.0521. The fourth-order valence-corrected chi connectivity index (χ4v) is 6.98. The number of aromatic nitrogens is 1. The van der Waals surface area contributed by atoms with Crippen molar-refractivity contribution in [2.24, 2.45) is 0 Å². The van der Waals surface area contributed by atoms with E-state index in [4.69, 9.17) is 4.98 Å². The van der Waals surface area contributed by atoms with Gasteiger partial charge in [0.05, 0.1) is 12.1 Å². The predicted octanol–water partition coefficient (Wildman–Crippen LogP) is 4.25. The van der Waals surface area contributed by atoms with Gasteiger partial charge in [0, 0.05) is 33.2 Å². The lowest BCUT2D eigenvalue weighted by Crippen LogP contribution is -2.41. The molecule has 1 aliphatic heterocycles. The molecule has 0 spiro atoms. The van der Waals surface area contributed by atoms with Crippen molar-refractivity contribution in [1.29, 1.82) is 0 Å². The van der Waals surface area contributed by atoms with Crippen LogP contribution < -0.4 is 0 Å². The second kappa shape index (κ2) is 7.26. The molecule has 1 saturated carbocycles. The summed E-state index contributed by atoms with van der Waals surface area (Å²) in [4.78, 5) is 33.5. The van der Waals surface area contributed by atoms with Gasteiger partial charge in [0.25, 0.3) is 0 Å². The first kappa shape index (κ1) is 18.3. The highest BCUT2D eigenvalue weighted by atomic mass is 32.1. The second-order valence-electron chi connectivity index (χ2n) is 8.12. The number of hydrogen-bond donors (Lipinski definition) is 1. The lowest BCUT2D eigenvalue weighted by molar-refractivity contribution is -0.147. The molecule has 0 radical (unpaired) electrons. The van der Waals surface area contributed by atoms with Gasteiger partial charge in [-0.3, -0.25) is 4.79 Å². The maximum absolute atomic E-state index is 13.0. The van der Waals surface area contributed by atoms with Crippen molar-refractivity contribution in [3.05, 3.63) is 26.4 Å². The topological polar surface area (TPSA) is 70.5 Å².